The molecular formula is C7H11N2O. The van der Waals surface area contributed by atoms with Crippen molar-refractivity contribution in [1.82, 2.24) is 9.55 Å². The van der Waals surface area contributed by atoms with E-state index in [1.165, 1.54) is 0 Å². The summed E-state index contributed by atoms with van der Waals surface area (Å²) in [4.78, 5) is 3.87. The minimum atomic E-state index is 0.798. The summed E-state index contributed by atoms with van der Waals surface area (Å²) in [6.07, 6.45) is 7.38. The van der Waals surface area contributed by atoms with Crippen molar-refractivity contribution in [2.45, 2.75) is 13.0 Å². The lowest BCUT2D eigenvalue weighted by molar-refractivity contribution is 0.190. The molecule has 55 valence electrons. The van der Waals surface area contributed by atoms with Gasteiger partial charge in [0.25, 0.3) is 0 Å². The van der Waals surface area contributed by atoms with Gasteiger partial charge in [-0.25, -0.2) is 4.98 Å². The van der Waals surface area contributed by atoms with Gasteiger partial charge in [0.15, 0.2) is 0 Å². The molecular weight excluding hydrogens is 128 g/mol. The summed E-state index contributed by atoms with van der Waals surface area (Å²) in [6.45, 7) is 1.74. The summed E-state index contributed by atoms with van der Waals surface area (Å²) < 4.78 is 6.81. The van der Waals surface area contributed by atoms with E-state index in [1.54, 1.807) is 19.6 Å². The molecule has 0 aliphatic carbocycles. The number of hydrogen-bond donors (Lipinski definition) is 0. The van der Waals surface area contributed by atoms with E-state index in [4.69, 9.17) is 4.74 Å². The molecule has 1 radical (unpaired) electrons. The predicted octanol–water partition coefficient (Wildman–Crippen LogP) is 0.720. The van der Waals surface area contributed by atoms with Crippen molar-refractivity contribution in [2.24, 2.45) is 0 Å². The largest absolute Gasteiger partial charge is 0.385 e. The van der Waals surface area contributed by atoms with E-state index in [0.29, 0.717) is 0 Å². The first-order chi connectivity index (χ1) is 4.93. The molecule has 0 unspecified atom stereocenters. The fourth-order valence-corrected chi connectivity index (χ4v) is 0.756. The van der Waals surface area contributed by atoms with Crippen LogP contribution in [0.3, 0.4) is 0 Å². The monoisotopic (exact) mass is 139 g/mol. The van der Waals surface area contributed by atoms with E-state index in [1.807, 2.05) is 4.57 Å². The zero-order valence-corrected chi connectivity index (χ0v) is 6.08. The molecule has 0 atom stereocenters. The molecule has 10 heavy (non-hydrogen) atoms. The average Bonchev–Trinajstić information content (AvgIpc) is 2.41. The fraction of sp³-hybridized carbons (Fsp3) is 0.571. The highest BCUT2D eigenvalue weighted by molar-refractivity contribution is 4.70. The Morgan fingerprint density at radius 1 is 1.70 bits per heavy atom. The van der Waals surface area contributed by atoms with E-state index in [0.717, 1.165) is 19.6 Å². The number of methoxy groups -OCH3 is 1. The van der Waals surface area contributed by atoms with E-state index in [9.17, 15) is 0 Å². The van der Waals surface area contributed by atoms with E-state index < -0.39 is 0 Å². The molecule has 0 aliphatic rings. The van der Waals surface area contributed by atoms with Crippen molar-refractivity contribution in [3.8, 4) is 0 Å². The molecule has 3 nitrogen and oxygen atoms in total. The van der Waals surface area contributed by atoms with Crippen LogP contribution in [0.1, 0.15) is 6.42 Å². The van der Waals surface area contributed by atoms with Crippen LogP contribution in [0.4, 0.5) is 0 Å². The third kappa shape index (κ3) is 2.19. The summed E-state index contributed by atoms with van der Waals surface area (Å²) in [6, 6.07) is 0. The first-order valence-corrected chi connectivity index (χ1v) is 3.30. The van der Waals surface area contributed by atoms with Crippen molar-refractivity contribution in [3.63, 3.8) is 0 Å². The summed E-state index contributed by atoms with van der Waals surface area (Å²) in [5.41, 5.74) is 0. The number of rotatable bonds is 4. The third-order valence-corrected chi connectivity index (χ3v) is 1.25. The molecule has 0 aliphatic heterocycles. The number of nitrogens with zero attached hydrogens (tertiary/aromatic N) is 2. The van der Waals surface area contributed by atoms with Crippen LogP contribution < -0.4 is 0 Å². The Morgan fingerprint density at radius 2 is 2.60 bits per heavy atom. The Balaban J connectivity index is 2.15. The molecule has 0 bridgehead atoms. The fourth-order valence-electron chi connectivity index (χ4n) is 0.756. The van der Waals surface area contributed by atoms with Crippen LogP contribution >= 0.6 is 0 Å². The lowest BCUT2D eigenvalue weighted by Crippen LogP contribution is -1.98. The maximum Gasteiger partial charge on any atom is 0.0951 e. The predicted molar refractivity (Wildman–Crippen MR) is 37.6 cm³/mol. The highest BCUT2D eigenvalue weighted by Crippen LogP contribution is 1.88. The maximum absolute atomic E-state index is 4.89. The molecule has 0 amide bonds. The number of ether oxygens (including phenoxy) is 1. The number of hydrogen-bond acceptors (Lipinski definition) is 2. The lowest BCUT2D eigenvalue weighted by Gasteiger charge is -1.98. The van der Waals surface area contributed by atoms with Crippen LogP contribution in [-0.4, -0.2) is 23.3 Å². The summed E-state index contributed by atoms with van der Waals surface area (Å²) in [5.74, 6) is 0. The summed E-state index contributed by atoms with van der Waals surface area (Å²) in [7, 11) is 1.71. The van der Waals surface area contributed by atoms with Gasteiger partial charge in [-0.05, 0) is 6.42 Å². The van der Waals surface area contributed by atoms with E-state index >= 15 is 0 Å². The number of aromatic nitrogens is 2. The molecule has 1 heterocycles. The quantitative estimate of drug-likeness (QED) is 0.575. The van der Waals surface area contributed by atoms with Crippen LogP contribution in [0.15, 0.2) is 12.5 Å². The van der Waals surface area contributed by atoms with Gasteiger partial charge in [-0.15, -0.1) is 0 Å². The van der Waals surface area contributed by atoms with E-state index in [-0.39, 0.29) is 0 Å². The molecule has 0 spiro atoms. The van der Waals surface area contributed by atoms with Gasteiger partial charge < -0.3 is 9.30 Å². The van der Waals surface area contributed by atoms with Crippen molar-refractivity contribution in [1.29, 1.82) is 0 Å². The van der Waals surface area contributed by atoms with Gasteiger partial charge in [0.1, 0.15) is 0 Å². The zero-order valence-electron chi connectivity index (χ0n) is 6.08. The Kier molecular flexibility index (Phi) is 2.96. The van der Waals surface area contributed by atoms with Crippen molar-refractivity contribution < 1.29 is 4.74 Å². The molecule has 0 saturated carbocycles. The first-order valence-electron chi connectivity index (χ1n) is 3.30. The average molecular weight is 139 g/mol. The third-order valence-electron chi connectivity index (χ3n) is 1.25. The van der Waals surface area contributed by atoms with Gasteiger partial charge in [0, 0.05) is 20.3 Å². The Hall–Kier alpha value is -0.830. The summed E-state index contributed by atoms with van der Waals surface area (Å²) >= 11 is 0. The maximum atomic E-state index is 4.89. The molecule has 0 fully saturated rings. The second kappa shape index (κ2) is 4.06. The topological polar surface area (TPSA) is 27.1 Å². The molecule has 3 heteroatoms. The van der Waals surface area contributed by atoms with Crippen LogP contribution in [0, 0.1) is 6.20 Å². The first kappa shape index (κ1) is 7.28. The van der Waals surface area contributed by atoms with Gasteiger partial charge >= 0.3 is 0 Å². The number of imidazole rings is 1. The minimum Gasteiger partial charge on any atom is -0.385 e. The normalized spacial score (nSPS) is 10.1. The molecule has 0 aromatic carbocycles. The number of aryl methyl sites for hydroxylation is 1. The molecule has 1 aromatic heterocycles. The van der Waals surface area contributed by atoms with Gasteiger partial charge in [-0.1, -0.05) is 0 Å². The minimum absolute atomic E-state index is 0.798. The SMILES string of the molecule is COCCCn1[c]cnc1. The van der Waals surface area contributed by atoms with Gasteiger partial charge in [0.2, 0.25) is 0 Å². The molecule has 1 rings (SSSR count). The second-order valence-corrected chi connectivity index (χ2v) is 2.06. The summed E-state index contributed by atoms with van der Waals surface area (Å²) in [5, 5.41) is 0. The highest BCUT2D eigenvalue weighted by atomic mass is 16.5. The smallest absolute Gasteiger partial charge is 0.0951 e. The van der Waals surface area contributed by atoms with Gasteiger partial charge in [-0.3, -0.25) is 0 Å². The highest BCUT2D eigenvalue weighted by Gasteiger charge is 1.88. The standard InChI is InChI=1S/C7H11N2O/c1-10-6-2-4-9-5-3-8-7-9/h3,7H,2,4,6H2,1H3. The Morgan fingerprint density at radius 3 is 3.20 bits per heavy atom. The Labute approximate surface area is 60.6 Å². The van der Waals surface area contributed by atoms with Crippen LogP contribution in [0.5, 0.6) is 0 Å². The van der Waals surface area contributed by atoms with Crippen LogP contribution in [-0.2, 0) is 11.3 Å². The Bertz CT molecular complexity index is 160. The lowest BCUT2D eigenvalue weighted by atomic mass is 10.4. The molecule has 1 aromatic rings. The second-order valence-electron chi connectivity index (χ2n) is 2.06. The van der Waals surface area contributed by atoms with Crippen molar-refractivity contribution in [3.05, 3.63) is 18.7 Å². The van der Waals surface area contributed by atoms with Gasteiger partial charge in [-0.2, -0.15) is 0 Å². The van der Waals surface area contributed by atoms with Gasteiger partial charge in [0.05, 0.1) is 18.7 Å². The van der Waals surface area contributed by atoms with E-state index in [2.05, 4.69) is 11.2 Å². The molecule has 0 N–H and O–H groups in total. The zero-order chi connectivity index (χ0) is 7.23. The van der Waals surface area contributed by atoms with Crippen molar-refractivity contribution >= 4 is 0 Å². The molecule has 0 saturated heterocycles. The van der Waals surface area contributed by atoms with Crippen molar-refractivity contribution in [2.75, 3.05) is 13.7 Å². The van der Waals surface area contributed by atoms with Crippen LogP contribution in [0.2, 0.25) is 0 Å². The van der Waals surface area contributed by atoms with Crippen LogP contribution in [0.25, 0.3) is 0 Å².